The second-order valence-corrected chi connectivity index (χ2v) is 4.08. The molecule has 21 heavy (non-hydrogen) atoms. The van der Waals surface area contributed by atoms with E-state index in [0.29, 0.717) is 0 Å². The molecule has 0 aliphatic carbocycles. The number of urea groups is 1. The van der Waals surface area contributed by atoms with Crippen LogP contribution < -0.4 is 5.32 Å². The lowest BCUT2D eigenvalue weighted by Crippen LogP contribution is -2.36. The number of hydrogen-bond acceptors (Lipinski definition) is 4. The number of nitro groups is 1. The third kappa shape index (κ3) is 4.71. The summed E-state index contributed by atoms with van der Waals surface area (Å²) in [6.45, 7) is 1.94. The number of halogens is 1. The fourth-order valence-electron chi connectivity index (χ4n) is 1.57. The van der Waals surface area contributed by atoms with Crippen molar-refractivity contribution >= 4 is 23.4 Å². The third-order valence-electron chi connectivity index (χ3n) is 2.66. The highest BCUT2D eigenvalue weighted by molar-refractivity contribution is 5.89. The molecule has 0 aliphatic heterocycles. The number of nitrogens with zero attached hydrogens (tertiary/aromatic N) is 2. The van der Waals surface area contributed by atoms with Crippen molar-refractivity contribution in [2.75, 3.05) is 18.4 Å². The summed E-state index contributed by atoms with van der Waals surface area (Å²) in [5, 5.41) is 21.4. The number of carboxylic acids is 1. The molecular weight excluding hydrogens is 285 g/mol. The molecule has 0 saturated carbocycles. The van der Waals surface area contributed by atoms with Crippen LogP contribution in [-0.2, 0) is 4.79 Å². The monoisotopic (exact) mass is 299 g/mol. The zero-order chi connectivity index (χ0) is 16.0. The van der Waals surface area contributed by atoms with E-state index in [0.717, 1.165) is 12.1 Å². The molecular formula is C12H14FN3O5. The number of rotatable bonds is 6. The number of carbonyl (C=O) groups excluding carboxylic acids is 1. The van der Waals surface area contributed by atoms with Crippen molar-refractivity contribution in [3.63, 3.8) is 0 Å². The van der Waals surface area contributed by atoms with E-state index < -0.39 is 28.4 Å². The summed E-state index contributed by atoms with van der Waals surface area (Å²) in [6.07, 6.45) is -0.212. The van der Waals surface area contributed by atoms with Gasteiger partial charge in [0.1, 0.15) is 0 Å². The SMILES string of the molecule is CCN(CCC(=O)O)C(=O)Nc1ccc([N+](=O)[O-])c(F)c1. The maximum atomic E-state index is 13.4. The molecule has 1 aromatic carbocycles. The van der Waals surface area contributed by atoms with E-state index in [-0.39, 0.29) is 25.2 Å². The van der Waals surface area contributed by atoms with Gasteiger partial charge in [0.15, 0.2) is 0 Å². The first-order chi connectivity index (χ1) is 9.85. The molecule has 9 heteroatoms. The number of nitrogens with one attached hydrogen (secondary N) is 1. The van der Waals surface area contributed by atoms with Crippen LogP contribution in [0.4, 0.5) is 20.6 Å². The summed E-state index contributed by atoms with van der Waals surface area (Å²) in [4.78, 5) is 33.2. The first-order valence-electron chi connectivity index (χ1n) is 6.06. The Morgan fingerprint density at radius 2 is 2.14 bits per heavy atom. The second kappa shape index (κ2) is 7.17. The molecule has 0 unspecified atom stereocenters. The van der Waals surface area contributed by atoms with Crippen molar-refractivity contribution in [1.29, 1.82) is 0 Å². The molecule has 1 aromatic rings. The number of anilines is 1. The molecule has 0 aromatic heterocycles. The Morgan fingerprint density at radius 3 is 2.62 bits per heavy atom. The number of carbonyl (C=O) groups is 2. The fraction of sp³-hybridized carbons (Fsp3) is 0.333. The smallest absolute Gasteiger partial charge is 0.321 e. The van der Waals surface area contributed by atoms with Gasteiger partial charge in [-0.05, 0) is 13.0 Å². The van der Waals surface area contributed by atoms with Crippen LogP contribution in [0.15, 0.2) is 18.2 Å². The van der Waals surface area contributed by atoms with E-state index in [1.54, 1.807) is 6.92 Å². The topological polar surface area (TPSA) is 113 Å². The van der Waals surface area contributed by atoms with Crippen molar-refractivity contribution in [3.05, 3.63) is 34.1 Å². The van der Waals surface area contributed by atoms with Crippen LogP contribution in [0.5, 0.6) is 0 Å². The van der Waals surface area contributed by atoms with Gasteiger partial charge in [-0.25, -0.2) is 4.79 Å². The zero-order valence-electron chi connectivity index (χ0n) is 11.2. The van der Waals surface area contributed by atoms with Gasteiger partial charge in [-0.15, -0.1) is 0 Å². The van der Waals surface area contributed by atoms with Crippen LogP contribution >= 0.6 is 0 Å². The van der Waals surface area contributed by atoms with E-state index in [1.165, 1.54) is 11.0 Å². The number of amides is 2. The van der Waals surface area contributed by atoms with E-state index in [9.17, 15) is 24.1 Å². The van der Waals surface area contributed by atoms with Crippen molar-refractivity contribution in [2.24, 2.45) is 0 Å². The van der Waals surface area contributed by atoms with Gasteiger partial charge in [-0.3, -0.25) is 14.9 Å². The van der Waals surface area contributed by atoms with E-state index in [2.05, 4.69) is 5.32 Å². The summed E-state index contributed by atoms with van der Waals surface area (Å²) in [7, 11) is 0. The summed E-state index contributed by atoms with van der Waals surface area (Å²) >= 11 is 0. The van der Waals surface area contributed by atoms with E-state index >= 15 is 0 Å². The Morgan fingerprint density at radius 1 is 1.48 bits per heavy atom. The minimum atomic E-state index is -1.06. The lowest BCUT2D eigenvalue weighted by Gasteiger charge is -2.20. The second-order valence-electron chi connectivity index (χ2n) is 4.08. The molecule has 0 aliphatic rings. The minimum Gasteiger partial charge on any atom is -0.481 e. The predicted molar refractivity (Wildman–Crippen MR) is 71.6 cm³/mol. The van der Waals surface area contributed by atoms with E-state index in [1.807, 2.05) is 0 Å². The van der Waals surface area contributed by atoms with Crippen LogP contribution in [0.3, 0.4) is 0 Å². The number of carboxylic acid groups (broad SMARTS) is 1. The highest BCUT2D eigenvalue weighted by Crippen LogP contribution is 2.21. The molecule has 0 fully saturated rings. The van der Waals surface area contributed by atoms with Crippen molar-refractivity contribution in [1.82, 2.24) is 4.90 Å². The molecule has 0 spiro atoms. The largest absolute Gasteiger partial charge is 0.481 e. The Labute approximate surface area is 119 Å². The van der Waals surface area contributed by atoms with Crippen molar-refractivity contribution in [2.45, 2.75) is 13.3 Å². The quantitative estimate of drug-likeness (QED) is 0.616. The Kier molecular flexibility index (Phi) is 5.58. The molecule has 0 radical (unpaired) electrons. The minimum absolute atomic E-state index is 0.00707. The molecule has 114 valence electrons. The van der Waals surface area contributed by atoms with Gasteiger partial charge in [-0.1, -0.05) is 0 Å². The number of benzene rings is 1. The fourth-order valence-corrected chi connectivity index (χ4v) is 1.57. The molecule has 2 amide bonds. The normalized spacial score (nSPS) is 10.0. The Hall–Kier alpha value is -2.71. The molecule has 0 bridgehead atoms. The van der Waals surface area contributed by atoms with Crippen LogP contribution in [0.1, 0.15) is 13.3 Å². The van der Waals surface area contributed by atoms with E-state index in [4.69, 9.17) is 5.11 Å². The number of aliphatic carboxylic acids is 1. The molecule has 0 atom stereocenters. The summed E-state index contributed by atoms with van der Waals surface area (Å²) in [5.74, 6) is -2.10. The molecule has 2 N–H and O–H groups in total. The van der Waals surface area contributed by atoms with Gasteiger partial charge in [0.05, 0.1) is 11.3 Å². The first-order valence-corrected chi connectivity index (χ1v) is 6.06. The molecule has 8 nitrogen and oxygen atoms in total. The average Bonchev–Trinajstić information content (AvgIpc) is 2.38. The van der Waals surface area contributed by atoms with Crippen molar-refractivity contribution < 1.29 is 24.0 Å². The standard InChI is InChI=1S/C12H14FN3O5/c1-2-15(6-5-11(17)18)12(19)14-8-3-4-10(16(20)21)9(13)7-8/h3-4,7H,2,5-6H2,1H3,(H,14,19)(H,17,18). The molecule has 1 rings (SSSR count). The zero-order valence-corrected chi connectivity index (χ0v) is 11.2. The Bertz CT molecular complexity index is 564. The van der Waals surface area contributed by atoms with Gasteiger partial charge < -0.3 is 15.3 Å². The molecule has 0 saturated heterocycles. The maximum absolute atomic E-state index is 13.4. The summed E-state index contributed by atoms with van der Waals surface area (Å²) in [5.41, 5.74) is -0.636. The lowest BCUT2D eigenvalue weighted by molar-refractivity contribution is -0.387. The molecule has 0 heterocycles. The summed E-state index contributed by atoms with van der Waals surface area (Å²) < 4.78 is 13.4. The number of nitro benzene ring substituents is 1. The van der Waals surface area contributed by atoms with Gasteiger partial charge in [0.25, 0.3) is 0 Å². The van der Waals surface area contributed by atoms with Gasteiger partial charge in [-0.2, -0.15) is 4.39 Å². The summed E-state index contributed by atoms with van der Waals surface area (Å²) in [6, 6.07) is 2.37. The van der Waals surface area contributed by atoms with Gasteiger partial charge in [0, 0.05) is 30.9 Å². The van der Waals surface area contributed by atoms with Gasteiger partial charge >= 0.3 is 17.7 Å². The highest BCUT2D eigenvalue weighted by Gasteiger charge is 2.17. The lowest BCUT2D eigenvalue weighted by atomic mass is 10.2. The third-order valence-corrected chi connectivity index (χ3v) is 2.66. The van der Waals surface area contributed by atoms with Crippen LogP contribution in [0, 0.1) is 15.9 Å². The predicted octanol–water partition coefficient (Wildman–Crippen LogP) is 2.06. The number of hydrogen-bond donors (Lipinski definition) is 2. The van der Waals surface area contributed by atoms with Crippen molar-refractivity contribution in [3.8, 4) is 0 Å². The van der Waals surface area contributed by atoms with Crippen LogP contribution in [-0.4, -0.2) is 40.0 Å². The highest BCUT2D eigenvalue weighted by atomic mass is 19.1. The first kappa shape index (κ1) is 16.3. The van der Waals surface area contributed by atoms with Crippen LogP contribution in [0.2, 0.25) is 0 Å². The van der Waals surface area contributed by atoms with Crippen LogP contribution in [0.25, 0.3) is 0 Å². The Balaban J connectivity index is 2.75. The average molecular weight is 299 g/mol. The maximum Gasteiger partial charge on any atom is 0.321 e. The van der Waals surface area contributed by atoms with Gasteiger partial charge in [0.2, 0.25) is 5.82 Å².